The van der Waals surface area contributed by atoms with Crippen molar-refractivity contribution in [3.05, 3.63) is 35.9 Å². The normalized spacial score (nSPS) is 33.3. The summed E-state index contributed by atoms with van der Waals surface area (Å²) in [4.78, 5) is 0. The highest BCUT2D eigenvalue weighted by atomic mass is 35.5. The Morgan fingerprint density at radius 3 is 2.42 bits per heavy atom. The summed E-state index contributed by atoms with van der Waals surface area (Å²) in [6.45, 7) is 0.202. The molecule has 3 atom stereocenters. The Balaban J connectivity index is 2.14. The van der Waals surface area contributed by atoms with Crippen LogP contribution in [0.1, 0.15) is 11.5 Å². The molecule has 1 saturated carbocycles. The fraction of sp³-hybridized carbons (Fsp3) is 0.400. The van der Waals surface area contributed by atoms with Crippen LogP contribution in [0.2, 0.25) is 0 Å². The molecule has 1 aromatic rings. The van der Waals surface area contributed by atoms with Crippen molar-refractivity contribution in [3.63, 3.8) is 0 Å². The number of rotatable bonds is 2. The standard InChI is InChI=1S/C10H11ClO/c11-10-8(6-12)9(10)7-4-2-1-3-5-7/h1-5,8-10,12H,6H2. The molecule has 0 amide bonds. The molecule has 1 aromatic carbocycles. The maximum atomic E-state index is 8.92. The minimum absolute atomic E-state index is 0.136. The molecule has 12 heavy (non-hydrogen) atoms. The predicted molar refractivity (Wildman–Crippen MR) is 49.4 cm³/mol. The van der Waals surface area contributed by atoms with Crippen LogP contribution in [0.4, 0.5) is 0 Å². The smallest absolute Gasteiger partial charge is 0.0480 e. The Morgan fingerprint density at radius 2 is 1.92 bits per heavy atom. The van der Waals surface area contributed by atoms with Crippen molar-refractivity contribution < 1.29 is 5.11 Å². The lowest BCUT2D eigenvalue weighted by Crippen LogP contribution is -1.88. The number of aliphatic hydroxyl groups is 1. The first kappa shape index (κ1) is 8.09. The van der Waals surface area contributed by atoms with E-state index >= 15 is 0 Å². The van der Waals surface area contributed by atoms with Gasteiger partial charge >= 0.3 is 0 Å². The second kappa shape index (κ2) is 3.08. The molecule has 0 heterocycles. The third-order valence-electron chi connectivity index (χ3n) is 2.47. The summed E-state index contributed by atoms with van der Waals surface area (Å²) in [5.41, 5.74) is 1.25. The maximum absolute atomic E-state index is 8.92. The van der Waals surface area contributed by atoms with Gasteiger partial charge in [0.1, 0.15) is 0 Å². The average Bonchev–Trinajstić information content (AvgIpc) is 2.78. The Morgan fingerprint density at radius 1 is 1.25 bits per heavy atom. The highest BCUT2D eigenvalue weighted by molar-refractivity contribution is 6.23. The molecule has 0 saturated heterocycles. The summed E-state index contributed by atoms with van der Waals surface area (Å²) in [5.74, 6) is 0.645. The average molecular weight is 183 g/mol. The Hall–Kier alpha value is -0.530. The fourth-order valence-electron chi connectivity index (χ4n) is 1.65. The SMILES string of the molecule is OCC1C(Cl)C1c1ccccc1. The van der Waals surface area contributed by atoms with Crippen LogP contribution in [-0.4, -0.2) is 17.1 Å². The van der Waals surface area contributed by atoms with Crippen LogP contribution in [0.5, 0.6) is 0 Å². The van der Waals surface area contributed by atoms with Crippen molar-refractivity contribution in [3.8, 4) is 0 Å². The van der Waals surface area contributed by atoms with Crippen molar-refractivity contribution >= 4 is 11.6 Å². The van der Waals surface area contributed by atoms with Gasteiger partial charge in [0, 0.05) is 23.8 Å². The van der Waals surface area contributed by atoms with Crippen molar-refractivity contribution in [2.45, 2.75) is 11.3 Å². The summed E-state index contributed by atoms with van der Waals surface area (Å²) in [5, 5.41) is 9.06. The molecule has 64 valence electrons. The maximum Gasteiger partial charge on any atom is 0.0480 e. The molecule has 2 rings (SSSR count). The van der Waals surface area contributed by atoms with Gasteiger partial charge in [-0.2, -0.15) is 0 Å². The summed E-state index contributed by atoms with van der Waals surface area (Å²) in [6, 6.07) is 10.1. The molecule has 1 aliphatic carbocycles. The molecule has 1 nitrogen and oxygen atoms in total. The topological polar surface area (TPSA) is 20.2 Å². The van der Waals surface area contributed by atoms with E-state index < -0.39 is 0 Å². The first-order valence-electron chi connectivity index (χ1n) is 4.14. The second-order valence-corrected chi connectivity index (χ2v) is 3.73. The zero-order valence-electron chi connectivity index (χ0n) is 6.65. The van der Waals surface area contributed by atoms with Crippen molar-refractivity contribution in [2.75, 3.05) is 6.61 Å². The van der Waals surface area contributed by atoms with Gasteiger partial charge < -0.3 is 5.11 Å². The van der Waals surface area contributed by atoms with Gasteiger partial charge in [0.15, 0.2) is 0 Å². The third kappa shape index (κ3) is 1.23. The number of hydrogen-bond donors (Lipinski definition) is 1. The largest absolute Gasteiger partial charge is 0.396 e. The van der Waals surface area contributed by atoms with E-state index in [9.17, 15) is 0 Å². The van der Waals surface area contributed by atoms with E-state index in [0.717, 1.165) is 0 Å². The van der Waals surface area contributed by atoms with Crippen LogP contribution < -0.4 is 0 Å². The zero-order valence-corrected chi connectivity index (χ0v) is 7.41. The van der Waals surface area contributed by atoms with E-state index in [-0.39, 0.29) is 17.9 Å². The van der Waals surface area contributed by atoms with Crippen LogP contribution in [-0.2, 0) is 0 Å². The van der Waals surface area contributed by atoms with Gasteiger partial charge in [-0.25, -0.2) is 0 Å². The second-order valence-electron chi connectivity index (χ2n) is 3.23. The number of halogens is 1. The summed E-state index contributed by atoms with van der Waals surface area (Å²) in [7, 11) is 0. The molecule has 0 spiro atoms. The summed E-state index contributed by atoms with van der Waals surface area (Å²) < 4.78 is 0. The molecular weight excluding hydrogens is 172 g/mol. The molecule has 0 bridgehead atoms. The van der Waals surface area contributed by atoms with E-state index in [2.05, 4.69) is 12.1 Å². The van der Waals surface area contributed by atoms with Gasteiger partial charge in [-0.15, -0.1) is 11.6 Å². The molecule has 0 aliphatic heterocycles. The van der Waals surface area contributed by atoms with E-state index in [1.807, 2.05) is 18.2 Å². The van der Waals surface area contributed by atoms with Crippen molar-refractivity contribution in [1.29, 1.82) is 0 Å². The van der Waals surface area contributed by atoms with Gasteiger partial charge in [-0.1, -0.05) is 30.3 Å². The number of alkyl halides is 1. The molecule has 0 aromatic heterocycles. The van der Waals surface area contributed by atoms with Crippen molar-refractivity contribution in [1.82, 2.24) is 0 Å². The van der Waals surface area contributed by atoms with Crippen LogP contribution in [0.15, 0.2) is 30.3 Å². The van der Waals surface area contributed by atoms with E-state index in [1.165, 1.54) is 5.56 Å². The number of aliphatic hydroxyl groups excluding tert-OH is 1. The highest BCUT2D eigenvalue weighted by Gasteiger charge is 2.49. The molecule has 0 radical (unpaired) electrons. The quantitative estimate of drug-likeness (QED) is 0.694. The summed E-state index contributed by atoms with van der Waals surface area (Å²) >= 11 is 5.99. The molecule has 1 fully saturated rings. The van der Waals surface area contributed by atoms with Gasteiger partial charge in [0.25, 0.3) is 0 Å². The Labute approximate surface area is 77.0 Å². The first-order valence-corrected chi connectivity index (χ1v) is 4.58. The monoisotopic (exact) mass is 182 g/mol. The predicted octanol–water partition coefficient (Wildman–Crippen LogP) is 2.00. The van der Waals surface area contributed by atoms with Crippen LogP contribution in [0.25, 0.3) is 0 Å². The lowest BCUT2D eigenvalue weighted by Gasteiger charge is -1.95. The zero-order chi connectivity index (χ0) is 8.55. The fourth-order valence-corrected chi connectivity index (χ4v) is 2.14. The molecule has 3 unspecified atom stereocenters. The van der Waals surface area contributed by atoms with Gasteiger partial charge in [0.05, 0.1) is 0 Å². The molecule has 1 aliphatic rings. The molecule has 1 N–H and O–H groups in total. The van der Waals surface area contributed by atoms with Crippen LogP contribution in [0.3, 0.4) is 0 Å². The number of benzene rings is 1. The lowest BCUT2D eigenvalue weighted by molar-refractivity contribution is 0.274. The Bertz CT molecular complexity index is 260. The summed E-state index contributed by atoms with van der Waals surface area (Å²) in [6.07, 6.45) is 0. The minimum Gasteiger partial charge on any atom is -0.396 e. The molecule has 2 heteroatoms. The Kier molecular flexibility index (Phi) is 2.07. The molecular formula is C10H11ClO. The van der Waals surface area contributed by atoms with Crippen LogP contribution in [0, 0.1) is 5.92 Å². The van der Waals surface area contributed by atoms with Gasteiger partial charge in [-0.05, 0) is 5.56 Å². The van der Waals surface area contributed by atoms with Gasteiger partial charge in [-0.3, -0.25) is 0 Å². The number of hydrogen-bond acceptors (Lipinski definition) is 1. The van der Waals surface area contributed by atoms with Gasteiger partial charge in [0.2, 0.25) is 0 Å². The van der Waals surface area contributed by atoms with E-state index in [0.29, 0.717) is 5.92 Å². The first-order chi connectivity index (χ1) is 5.84. The third-order valence-corrected chi connectivity index (χ3v) is 3.06. The van der Waals surface area contributed by atoms with E-state index in [4.69, 9.17) is 16.7 Å². The van der Waals surface area contributed by atoms with Crippen LogP contribution >= 0.6 is 11.6 Å². The van der Waals surface area contributed by atoms with Crippen molar-refractivity contribution in [2.24, 2.45) is 5.92 Å². The van der Waals surface area contributed by atoms with E-state index in [1.54, 1.807) is 0 Å². The highest BCUT2D eigenvalue weighted by Crippen LogP contribution is 2.51. The minimum atomic E-state index is 0.136. The lowest BCUT2D eigenvalue weighted by atomic mass is 10.1.